The van der Waals surface area contributed by atoms with Crippen molar-refractivity contribution in [2.45, 2.75) is 57.4 Å². The number of nitrogens with zero attached hydrogens (tertiary/aromatic N) is 5. The summed E-state index contributed by atoms with van der Waals surface area (Å²) in [6.45, 7) is 5.09. The van der Waals surface area contributed by atoms with Crippen LogP contribution in [0.2, 0.25) is 0 Å². The van der Waals surface area contributed by atoms with Crippen molar-refractivity contribution < 1.29 is 9.47 Å². The molecule has 0 spiro atoms. The highest BCUT2D eigenvalue weighted by atomic mass is 16.5. The lowest BCUT2D eigenvalue weighted by Crippen LogP contribution is -2.34. The van der Waals surface area contributed by atoms with Gasteiger partial charge >= 0.3 is 0 Å². The van der Waals surface area contributed by atoms with Crippen molar-refractivity contribution in [1.29, 1.82) is 5.26 Å². The molecule has 4 aromatic rings. The summed E-state index contributed by atoms with van der Waals surface area (Å²) in [4.78, 5) is 12.4. The van der Waals surface area contributed by atoms with Gasteiger partial charge in [-0.1, -0.05) is 30.3 Å². The van der Waals surface area contributed by atoms with Gasteiger partial charge in [-0.25, -0.2) is 9.97 Å². The van der Waals surface area contributed by atoms with Crippen molar-refractivity contribution in [3.63, 3.8) is 0 Å². The fraction of sp³-hybridized carbons (Fsp3) is 0.387. The number of piperidine rings is 1. The first-order valence-electron chi connectivity index (χ1n) is 13.6. The first-order valence-corrected chi connectivity index (χ1v) is 13.6. The van der Waals surface area contributed by atoms with E-state index >= 15 is 0 Å². The number of nitriles is 1. The number of para-hydroxylation sites is 2. The molecule has 0 N–H and O–H groups in total. The van der Waals surface area contributed by atoms with Crippen LogP contribution < -0.4 is 4.74 Å². The highest BCUT2D eigenvalue weighted by Gasteiger charge is 2.25. The molecule has 0 aliphatic carbocycles. The van der Waals surface area contributed by atoms with Crippen LogP contribution in [-0.2, 0) is 24.4 Å². The molecule has 1 atom stereocenters. The smallest absolute Gasteiger partial charge is 0.213 e. The molecule has 0 radical (unpaired) electrons. The molecular weight excluding hydrogens is 474 g/mol. The molecule has 6 rings (SSSR count). The molecule has 2 aromatic carbocycles. The lowest BCUT2D eigenvalue weighted by atomic mass is 9.93. The Balaban J connectivity index is 1.07. The fourth-order valence-corrected chi connectivity index (χ4v) is 5.60. The number of benzene rings is 2. The Morgan fingerprint density at radius 1 is 0.947 bits per heavy atom. The Bertz CT molecular complexity index is 1410. The van der Waals surface area contributed by atoms with Crippen LogP contribution in [0.4, 0.5) is 0 Å². The van der Waals surface area contributed by atoms with Gasteiger partial charge in [-0.3, -0.25) is 4.90 Å². The molecule has 194 valence electrons. The molecule has 2 saturated heterocycles. The summed E-state index contributed by atoms with van der Waals surface area (Å²) in [5.74, 6) is 2.21. The van der Waals surface area contributed by atoms with E-state index in [0.717, 1.165) is 81.1 Å². The number of hydrogen-bond donors (Lipinski definition) is 0. The molecule has 38 heavy (non-hydrogen) atoms. The Labute approximate surface area is 223 Å². The molecule has 0 saturated carbocycles. The van der Waals surface area contributed by atoms with Gasteiger partial charge in [0.1, 0.15) is 12.4 Å². The Hall–Kier alpha value is -3.73. The second-order valence-corrected chi connectivity index (χ2v) is 10.3. The monoisotopic (exact) mass is 507 g/mol. The third kappa shape index (κ3) is 5.57. The van der Waals surface area contributed by atoms with Gasteiger partial charge in [-0.15, -0.1) is 0 Å². The number of imidazole rings is 1. The number of hydrogen-bond acceptors (Lipinski definition) is 6. The summed E-state index contributed by atoms with van der Waals surface area (Å²) in [5, 5.41) is 8.97. The first kappa shape index (κ1) is 24.6. The summed E-state index contributed by atoms with van der Waals surface area (Å²) in [6.07, 6.45) is 4.70. The summed E-state index contributed by atoms with van der Waals surface area (Å²) >= 11 is 0. The van der Waals surface area contributed by atoms with Gasteiger partial charge < -0.3 is 14.0 Å². The van der Waals surface area contributed by atoms with E-state index < -0.39 is 0 Å². The summed E-state index contributed by atoms with van der Waals surface area (Å²) in [6, 6.07) is 24.1. The average Bonchev–Trinajstić information content (AvgIpc) is 3.61. The Kier molecular flexibility index (Phi) is 7.34. The average molecular weight is 508 g/mol. The van der Waals surface area contributed by atoms with E-state index in [2.05, 4.69) is 45.9 Å². The minimum absolute atomic E-state index is 0.287. The summed E-state index contributed by atoms with van der Waals surface area (Å²) in [7, 11) is 0. The van der Waals surface area contributed by atoms with E-state index in [1.165, 1.54) is 5.52 Å². The van der Waals surface area contributed by atoms with Crippen molar-refractivity contribution in [3.8, 4) is 11.9 Å². The molecular formula is C31H33N5O2. The highest BCUT2D eigenvalue weighted by Crippen LogP contribution is 2.29. The molecule has 2 aromatic heterocycles. The molecule has 4 heterocycles. The third-order valence-electron chi connectivity index (χ3n) is 7.73. The van der Waals surface area contributed by atoms with Gasteiger partial charge in [0.2, 0.25) is 5.88 Å². The second kappa shape index (κ2) is 11.3. The van der Waals surface area contributed by atoms with E-state index in [1.54, 1.807) is 0 Å². The van der Waals surface area contributed by atoms with Crippen molar-refractivity contribution >= 4 is 11.0 Å². The number of likely N-dealkylation sites (tertiary alicyclic amines) is 1. The van der Waals surface area contributed by atoms with Gasteiger partial charge in [-0.05, 0) is 74.7 Å². The van der Waals surface area contributed by atoms with Gasteiger partial charge in [0, 0.05) is 24.3 Å². The van der Waals surface area contributed by atoms with Gasteiger partial charge in [-0.2, -0.15) is 5.26 Å². The third-order valence-corrected chi connectivity index (χ3v) is 7.73. The fourth-order valence-electron chi connectivity index (χ4n) is 5.60. The maximum Gasteiger partial charge on any atom is 0.213 e. The minimum atomic E-state index is 0.287. The zero-order valence-corrected chi connectivity index (χ0v) is 21.6. The molecule has 7 nitrogen and oxygen atoms in total. The van der Waals surface area contributed by atoms with E-state index in [-0.39, 0.29) is 6.10 Å². The van der Waals surface area contributed by atoms with Gasteiger partial charge in [0.05, 0.1) is 41.9 Å². The normalized spacial score (nSPS) is 18.6. The number of ether oxygens (including phenoxy) is 2. The summed E-state index contributed by atoms with van der Waals surface area (Å²) in [5.41, 5.74) is 5.05. The van der Waals surface area contributed by atoms with E-state index in [4.69, 9.17) is 24.7 Å². The Morgan fingerprint density at radius 3 is 2.58 bits per heavy atom. The molecule has 2 fully saturated rings. The van der Waals surface area contributed by atoms with Crippen LogP contribution >= 0.6 is 0 Å². The van der Waals surface area contributed by atoms with Crippen molar-refractivity contribution in [2.24, 2.45) is 0 Å². The van der Waals surface area contributed by atoms with E-state index in [9.17, 15) is 0 Å². The van der Waals surface area contributed by atoms with Crippen LogP contribution in [0.1, 0.15) is 54.2 Å². The van der Waals surface area contributed by atoms with Crippen LogP contribution in [0.15, 0.2) is 66.7 Å². The number of aromatic nitrogens is 3. The minimum Gasteiger partial charge on any atom is -0.473 e. The van der Waals surface area contributed by atoms with E-state index in [0.29, 0.717) is 24.0 Å². The van der Waals surface area contributed by atoms with Gasteiger partial charge in [0.25, 0.3) is 0 Å². The SMILES string of the molecule is N#Cc1ccc(COc2cccc(C3CCN(Cc4nc5ccccc5n4C[C@@H]4CCCO4)CC3)n2)cc1. The summed E-state index contributed by atoms with van der Waals surface area (Å²) < 4.78 is 14.3. The van der Waals surface area contributed by atoms with Crippen LogP contribution in [0.25, 0.3) is 11.0 Å². The number of pyridine rings is 1. The van der Waals surface area contributed by atoms with Crippen LogP contribution in [-0.4, -0.2) is 45.2 Å². The molecule has 2 aliphatic rings. The van der Waals surface area contributed by atoms with Crippen molar-refractivity contribution in [1.82, 2.24) is 19.4 Å². The molecule has 7 heteroatoms. The molecule has 0 bridgehead atoms. The lowest BCUT2D eigenvalue weighted by molar-refractivity contribution is 0.0960. The van der Waals surface area contributed by atoms with E-state index in [1.807, 2.05) is 36.4 Å². The predicted molar refractivity (Wildman–Crippen MR) is 146 cm³/mol. The lowest BCUT2D eigenvalue weighted by Gasteiger charge is -2.31. The molecule has 0 unspecified atom stereocenters. The maximum atomic E-state index is 8.97. The molecule has 2 aliphatic heterocycles. The van der Waals surface area contributed by atoms with Crippen molar-refractivity contribution in [2.75, 3.05) is 19.7 Å². The topological polar surface area (TPSA) is 76.2 Å². The zero-order valence-electron chi connectivity index (χ0n) is 21.6. The molecule has 0 amide bonds. The largest absolute Gasteiger partial charge is 0.473 e. The second-order valence-electron chi connectivity index (χ2n) is 10.3. The predicted octanol–water partition coefficient (Wildman–Crippen LogP) is 5.44. The van der Waals surface area contributed by atoms with Crippen LogP contribution in [0.3, 0.4) is 0 Å². The number of fused-ring (bicyclic) bond motifs is 1. The van der Waals surface area contributed by atoms with Gasteiger partial charge in [0.15, 0.2) is 0 Å². The van der Waals surface area contributed by atoms with Crippen molar-refractivity contribution in [3.05, 3.63) is 89.4 Å². The highest BCUT2D eigenvalue weighted by molar-refractivity contribution is 5.75. The first-order chi connectivity index (χ1) is 18.7. The van der Waals surface area contributed by atoms with Crippen LogP contribution in [0, 0.1) is 11.3 Å². The quantitative estimate of drug-likeness (QED) is 0.316. The number of rotatable bonds is 8. The zero-order chi connectivity index (χ0) is 25.7. The van der Waals surface area contributed by atoms with Crippen LogP contribution in [0.5, 0.6) is 5.88 Å². The maximum absolute atomic E-state index is 8.97. The Morgan fingerprint density at radius 2 is 1.79 bits per heavy atom. The standard InChI is InChI=1S/C31H33N5O2/c32-19-23-10-12-24(13-11-23)22-38-31-9-3-7-27(34-31)25-14-16-35(17-15-25)21-30-33-28-6-1-2-8-29(28)36(30)20-26-5-4-18-37-26/h1-3,6-13,25-26H,4-5,14-18,20-22H2/t26-/m0/s1.